The summed E-state index contributed by atoms with van der Waals surface area (Å²) in [5.41, 5.74) is 0.883. The van der Waals surface area contributed by atoms with E-state index in [4.69, 9.17) is 4.98 Å². The Kier molecular flexibility index (Phi) is 3.61. The Bertz CT molecular complexity index is 467. The lowest BCUT2D eigenvalue weighted by Crippen LogP contribution is -2.26. The lowest BCUT2D eigenvalue weighted by atomic mass is 9.91. The molecule has 0 amide bonds. The fourth-order valence-corrected chi connectivity index (χ4v) is 3.43. The molecule has 0 bridgehead atoms. The maximum Gasteiger partial charge on any atom is 0.264 e. The molecule has 94 valence electrons. The first kappa shape index (κ1) is 13.1. The van der Waals surface area contributed by atoms with Crippen molar-refractivity contribution in [1.82, 2.24) is 9.97 Å². The molecule has 1 fully saturated rings. The second-order valence-corrected chi connectivity index (χ2v) is 6.92. The molecular weight excluding hydrogens is 327 g/mol. The summed E-state index contributed by atoms with van der Waals surface area (Å²) in [5, 5.41) is 0. The van der Waals surface area contributed by atoms with Crippen molar-refractivity contribution >= 4 is 22.6 Å². The van der Waals surface area contributed by atoms with Gasteiger partial charge in [0.05, 0.1) is 5.69 Å². The minimum absolute atomic E-state index is 0.0208. The van der Waals surface area contributed by atoms with Crippen LogP contribution in [0.25, 0.3) is 0 Å². The van der Waals surface area contributed by atoms with Crippen LogP contribution < -0.4 is 5.56 Å². The van der Waals surface area contributed by atoms with Gasteiger partial charge in [0.2, 0.25) is 0 Å². The lowest BCUT2D eigenvalue weighted by molar-refractivity contribution is 0.545. The van der Waals surface area contributed by atoms with Gasteiger partial charge in [-0.05, 0) is 35.4 Å². The summed E-state index contributed by atoms with van der Waals surface area (Å²) in [5.74, 6) is 1.36. The molecule has 1 saturated carbocycles. The Morgan fingerprint density at radius 3 is 2.41 bits per heavy atom. The second kappa shape index (κ2) is 4.71. The highest BCUT2D eigenvalue weighted by atomic mass is 127. The number of hydrogen-bond donors (Lipinski definition) is 1. The molecule has 4 heteroatoms. The molecule has 0 unspecified atom stereocenters. The van der Waals surface area contributed by atoms with Crippen LogP contribution in [0, 0.1) is 3.57 Å². The predicted molar refractivity (Wildman–Crippen MR) is 77.5 cm³/mol. The topological polar surface area (TPSA) is 45.8 Å². The summed E-state index contributed by atoms with van der Waals surface area (Å²) in [6.07, 6.45) is 4.83. The van der Waals surface area contributed by atoms with Crippen molar-refractivity contribution in [2.24, 2.45) is 0 Å². The maximum atomic E-state index is 12.0. The number of aromatic amines is 1. The first-order chi connectivity index (χ1) is 7.89. The number of halogens is 1. The molecule has 17 heavy (non-hydrogen) atoms. The van der Waals surface area contributed by atoms with Crippen molar-refractivity contribution < 1.29 is 0 Å². The molecule has 1 aromatic heterocycles. The Hall–Kier alpha value is -0.390. The number of H-pyrrole nitrogens is 1. The summed E-state index contributed by atoms with van der Waals surface area (Å²) >= 11 is 2.10. The highest BCUT2D eigenvalue weighted by Crippen LogP contribution is 2.33. The van der Waals surface area contributed by atoms with E-state index in [1.54, 1.807) is 0 Å². The summed E-state index contributed by atoms with van der Waals surface area (Å²) in [6.45, 7) is 6.32. The molecule has 0 aliphatic heterocycles. The molecule has 0 saturated heterocycles. The van der Waals surface area contributed by atoms with Crippen LogP contribution in [-0.4, -0.2) is 9.97 Å². The van der Waals surface area contributed by atoms with E-state index in [0.29, 0.717) is 5.92 Å². The normalized spacial score (nSPS) is 17.6. The van der Waals surface area contributed by atoms with E-state index in [1.807, 2.05) is 0 Å². The maximum absolute atomic E-state index is 12.0. The third-order valence-corrected chi connectivity index (χ3v) is 4.33. The van der Waals surface area contributed by atoms with Crippen LogP contribution in [0.3, 0.4) is 0 Å². The van der Waals surface area contributed by atoms with Crippen molar-refractivity contribution in [2.45, 2.75) is 57.8 Å². The lowest BCUT2D eigenvalue weighted by Gasteiger charge is -2.21. The Labute approximate surface area is 116 Å². The van der Waals surface area contributed by atoms with Crippen molar-refractivity contribution in [2.75, 3.05) is 0 Å². The van der Waals surface area contributed by atoms with Crippen LogP contribution in [0.1, 0.15) is 63.9 Å². The molecule has 1 aromatic rings. The molecule has 1 aliphatic rings. The first-order valence-corrected chi connectivity index (χ1v) is 7.27. The number of aromatic nitrogens is 2. The third kappa shape index (κ3) is 2.72. The zero-order valence-corrected chi connectivity index (χ0v) is 12.8. The van der Waals surface area contributed by atoms with Gasteiger partial charge in [0, 0.05) is 11.3 Å². The van der Waals surface area contributed by atoms with Crippen LogP contribution in [0.4, 0.5) is 0 Å². The SMILES string of the molecule is CC(C)(C)c1nc(C2CCCC2)[nH]c(=O)c1I. The number of hydrogen-bond acceptors (Lipinski definition) is 2. The van der Waals surface area contributed by atoms with Gasteiger partial charge in [-0.15, -0.1) is 0 Å². The van der Waals surface area contributed by atoms with Crippen LogP contribution in [-0.2, 0) is 5.41 Å². The number of nitrogens with zero attached hydrogens (tertiary/aromatic N) is 1. The smallest absolute Gasteiger partial charge is 0.264 e. The van der Waals surface area contributed by atoms with E-state index in [2.05, 4.69) is 48.3 Å². The molecule has 2 rings (SSSR count). The van der Waals surface area contributed by atoms with E-state index in [0.717, 1.165) is 27.9 Å². The highest BCUT2D eigenvalue weighted by molar-refractivity contribution is 14.1. The van der Waals surface area contributed by atoms with E-state index in [-0.39, 0.29) is 11.0 Å². The van der Waals surface area contributed by atoms with Gasteiger partial charge in [0.25, 0.3) is 5.56 Å². The zero-order valence-electron chi connectivity index (χ0n) is 10.6. The molecule has 0 atom stereocenters. The van der Waals surface area contributed by atoms with Gasteiger partial charge in [-0.25, -0.2) is 4.98 Å². The monoisotopic (exact) mass is 346 g/mol. The van der Waals surface area contributed by atoms with Gasteiger partial charge in [0.15, 0.2) is 0 Å². The largest absolute Gasteiger partial charge is 0.309 e. The fraction of sp³-hybridized carbons (Fsp3) is 0.692. The Balaban J connectivity index is 2.49. The highest BCUT2D eigenvalue weighted by Gasteiger charge is 2.25. The molecule has 0 aromatic carbocycles. The average Bonchev–Trinajstić information content (AvgIpc) is 2.73. The fourth-order valence-electron chi connectivity index (χ4n) is 2.37. The Morgan fingerprint density at radius 1 is 1.29 bits per heavy atom. The van der Waals surface area contributed by atoms with Gasteiger partial charge in [-0.2, -0.15) is 0 Å². The van der Waals surface area contributed by atoms with Gasteiger partial charge in [-0.1, -0.05) is 33.6 Å². The van der Waals surface area contributed by atoms with E-state index >= 15 is 0 Å². The van der Waals surface area contributed by atoms with Gasteiger partial charge < -0.3 is 4.98 Å². The van der Waals surface area contributed by atoms with Crippen molar-refractivity contribution in [1.29, 1.82) is 0 Å². The third-order valence-electron chi connectivity index (χ3n) is 3.33. The minimum atomic E-state index is -0.0713. The van der Waals surface area contributed by atoms with Crippen molar-refractivity contribution in [3.8, 4) is 0 Å². The predicted octanol–water partition coefficient (Wildman–Crippen LogP) is 3.33. The van der Waals surface area contributed by atoms with Crippen molar-refractivity contribution in [3.05, 3.63) is 25.4 Å². The van der Waals surface area contributed by atoms with Gasteiger partial charge >= 0.3 is 0 Å². The van der Waals surface area contributed by atoms with Crippen LogP contribution >= 0.6 is 22.6 Å². The standard InChI is InChI=1S/C13H19IN2O/c1-13(2,3)10-9(14)12(17)16-11(15-10)8-6-4-5-7-8/h8H,4-7H2,1-3H3,(H,15,16,17). The molecule has 1 heterocycles. The van der Waals surface area contributed by atoms with Crippen molar-refractivity contribution in [3.63, 3.8) is 0 Å². The molecule has 3 nitrogen and oxygen atoms in total. The minimum Gasteiger partial charge on any atom is -0.309 e. The first-order valence-electron chi connectivity index (χ1n) is 6.20. The number of nitrogens with one attached hydrogen (secondary N) is 1. The van der Waals surface area contributed by atoms with E-state index < -0.39 is 0 Å². The summed E-state index contributed by atoms with van der Waals surface area (Å²) in [4.78, 5) is 19.6. The second-order valence-electron chi connectivity index (χ2n) is 5.85. The van der Waals surface area contributed by atoms with E-state index in [1.165, 1.54) is 12.8 Å². The van der Waals surface area contributed by atoms with Gasteiger partial charge in [0.1, 0.15) is 9.39 Å². The van der Waals surface area contributed by atoms with Crippen LogP contribution in [0.5, 0.6) is 0 Å². The summed E-state index contributed by atoms with van der Waals surface area (Å²) < 4.78 is 0.733. The van der Waals surface area contributed by atoms with Crippen LogP contribution in [0.15, 0.2) is 4.79 Å². The molecule has 0 spiro atoms. The molecule has 1 N–H and O–H groups in total. The summed E-state index contributed by atoms with van der Waals surface area (Å²) in [6, 6.07) is 0. The van der Waals surface area contributed by atoms with E-state index in [9.17, 15) is 4.79 Å². The number of rotatable bonds is 1. The van der Waals surface area contributed by atoms with Crippen LogP contribution in [0.2, 0.25) is 0 Å². The average molecular weight is 346 g/mol. The zero-order chi connectivity index (χ0) is 12.6. The molecule has 0 radical (unpaired) electrons. The molecular formula is C13H19IN2O. The summed E-state index contributed by atoms with van der Waals surface area (Å²) in [7, 11) is 0. The molecule has 1 aliphatic carbocycles. The quantitative estimate of drug-likeness (QED) is 0.793. The Morgan fingerprint density at radius 2 is 1.88 bits per heavy atom. The van der Waals surface area contributed by atoms with Gasteiger partial charge in [-0.3, -0.25) is 4.79 Å².